The highest BCUT2D eigenvalue weighted by molar-refractivity contribution is 5.76. The lowest BCUT2D eigenvalue weighted by Crippen LogP contribution is -2.28. The predicted octanol–water partition coefficient (Wildman–Crippen LogP) is 3.34. The largest absolute Gasteiger partial charge is 0.473 e. The molecule has 0 spiro atoms. The molecule has 1 aromatic carbocycles. The normalized spacial score (nSPS) is 17.3. The fourth-order valence-electron chi connectivity index (χ4n) is 3.93. The number of benzene rings is 1. The predicted molar refractivity (Wildman–Crippen MR) is 132 cm³/mol. The molecule has 35 heavy (non-hydrogen) atoms. The van der Waals surface area contributed by atoms with E-state index in [9.17, 15) is 10.4 Å². The Balaban J connectivity index is 1.65. The molecule has 2 atom stereocenters. The molecule has 3 heterocycles. The Morgan fingerprint density at radius 3 is 2.86 bits per heavy atom. The average molecular weight is 476 g/mol. The Kier molecular flexibility index (Phi) is 7.10. The van der Waals surface area contributed by atoms with Crippen LogP contribution in [0.15, 0.2) is 30.6 Å². The maximum absolute atomic E-state index is 9.97. The lowest BCUT2D eigenvalue weighted by molar-refractivity contribution is 0.0542. The molecule has 0 saturated heterocycles. The van der Waals surface area contributed by atoms with Gasteiger partial charge in [-0.3, -0.25) is 0 Å². The highest BCUT2D eigenvalue weighted by Gasteiger charge is 2.36. The lowest BCUT2D eigenvalue weighted by atomic mass is 9.83. The van der Waals surface area contributed by atoms with E-state index in [-0.39, 0.29) is 12.7 Å². The SMILES string of the molecule is CCC(COc1nc(C)ncc1Nc1nccc(-c2cc(C#N)c3c(c2)[C@@](C)(CO)CN3)n1)OC. The number of nitrogens with zero attached hydrogens (tertiary/aromatic N) is 5. The summed E-state index contributed by atoms with van der Waals surface area (Å²) in [6, 6.07) is 7.79. The Bertz CT molecular complexity index is 1260. The van der Waals surface area contributed by atoms with E-state index in [0.717, 1.165) is 23.2 Å². The molecule has 2 aromatic heterocycles. The van der Waals surface area contributed by atoms with Gasteiger partial charge in [0.05, 0.1) is 35.9 Å². The first kappa shape index (κ1) is 24.3. The van der Waals surface area contributed by atoms with Gasteiger partial charge in [0.15, 0.2) is 0 Å². The molecular formula is C25H29N7O3. The number of methoxy groups -OCH3 is 1. The molecule has 0 bridgehead atoms. The van der Waals surface area contributed by atoms with Crippen LogP contribution in [0.25, 0.3) is 11.3 Å². The van der Waals surface area contributed by atoms with Crippen molar-refractivity contribution in [1.29, 1.82) is 5.26 Å². The molecule has 0 amide bonds. The number of hydrogen-bond acceptors (Lipinski definition) is 10. The van der Waals surface area contributed by atoms with Gasteiger partial charge in [-0.1, -0.05) is 13.8 Å². The number of anilines is 3. The van der Waals surface area contributed by atoms with Gasteiger partial charge in [0.2, 0.25) is 11.8 Å². The zero-order chi connectivity index (χ0) is 25.0. The lowest BCUT2D eigenvalue weighted by Gasteiger charge is -2.21. The second kappa shape index (κ2) is 10.2. The van der Waals surface area contributed by atoms with Gasteiger partial charge in [0, 0.05) is 30.8 Å². The quantitative estimate of drug-likeness (QED) is 0.422. The molecule has 3 N–H and O–H groups in total. The molecular weight excluding hydrogens is 446 g/mol. The number of aryl methyl sites for hydroxylation is 1. The number of aromatic nitrogens is 4. The first-order valence-electron chi connectivity index (χ1n) is 11.4. The third kappa shape index (κ3) is 5.01. The summed E-state index contributed by atoms with van der Waals surface area (Å²) in [6.45, 7) is 6.66. The maximum Gasteiger partial charge on any atom is 0.241 e. The molecule has 3 aromatic rings. The van der Waals surface area contributed by atoms with Crippen LogP contribution < -0.4 is 15.4 Å². The van der Waals surface area contributed by atoms with Crippen molar-refractivity contribution in [3.05, 3.63) is 47.5 Å². The number of nitrogens with one attached hydrogen (secondary N) is 2. The second-order valence-electron chi connectivity index (χ2n) is 8.73. The van der Waals surface area contributed by atoms with Gasteiger partial charge >= 0.3 is 0 Å². The monoisotopic (exact) mass is 475 g/mol. The zero-order valence-corrected chi connectivity index (χ0v) is 20.3. The summed E-state index contributed by atoms with van der Waals surface area (Å²) in [5.41, 5.74) is 3.62. The maximum atomic E-state index is 9.97. The topological polar surface area (TPSA) is 138 Å². The summed E-state index contributed by atoms with van der Waals surface area (Å²) in [6.07, 6.45) is 4.03. The van der Waals surface area contributed by atoms with Crippen LogP contribution in [0.2, 0.25) is 0 Å². The first-order chi connectivity index (χ1) is 16.9. The van der Waals surface area contributed by atoms with Gasteiger partial charge in [0.1, 0.15) is 24.2 Å². The van der Waals surface area contributed by atoms with Crippen molar-refractivity contribution in [2.75, 3.05) is 37.5 Å². The molecule has 0 fully saturated rings. The third-order valence-electron chi connectivity index (χ3n) is 6.18. The van der Waals surface area contributed by atoms with Gasteiger partial charge in [-0.25, -0.2) is 15.0 Å². The van der Waals surface area contributed by atoms with E-state index >= 15 is 0 Å². The molecule has 182 valence electrons. The van der Waals surface area contributed by atoms with E-state index in [0.29, 0.717) is 47.7 Å². The molecule has 0 aliphatic carbocycles. The summed E-state index contributed by atoms with van der Waals surface area (Å²) in [5.74, 6) is 1.30. The minimum absolute atomic E-state index is 0.0317. The van der Waals surface area contributed by atoms with E-state index in [1.54, 1.807) is 38.6 Å². The van der Waals surface area contributed by atoms with Crippen molar-refractivity contribution < 1.29 is 14.6 Å². The van der Waals surface area contributed by atoms with Crippen LogP contribution in [0.5, 0.6) is 5.88 Å². The van der Waals surface area contributed by atoms with Crippen LogP contribution >= 0.6 is 0 Å². The van der Waals surface area contributed by atoms with Crippen LogP contribution in [-0.4, -0.2) is 58.0 Å². The van der Waals surface area contributed by atoms with Crippen molar-refractivity contribution in [3.8, 4) is 23.2 Å². The minimum atomic E-state index is -0.477. The molecule has 0 saturated carbocycles. The van der Waals surface area contributed by atoms with Crippen LogP contribution in [-0.2, 0) is 10.2 Å². The molecule has 1 aliphatic rings. The van der Waals surface area contributed by atoms with Crippen molar-refractivity contribution in [2.45, 2.75) is 38.7 Å². The van der Waals surface area contributed by atoms with Crippen LogP contribution in [0.3, 0.4) is 0 Å². The summed E-state index contributed by atoms with van der Waals surface area (Å²) in [4.78, 5) is 17.7. The first-order valence-corrected chi connectivity index (χ1v) is 11.4. The third-order valence-corrected chi connectivity index (χ3v) is 6.18. The number of aliphatic hydroxyl groups is 1. The summed E-state index contributed by atoms with van der Waals surface area (Å²) in [7, 11) is 1.65. The van der Waals surface area contributed by atoms with Crippen molar-refractivity contribution in [2.24, 2.45) is 0 Å². The van der Waals surface area contributed by atoms with Gasteiger partial charge in [0.25, 0.3) is 0 Å². The number of fused-ring (bicyclic) bond motifs is 1. The average Bonchev–Trinajstić information content (AvgIpc) is 3.23. The Labute approximate surface area is 204 Å². The fraction of sp³-hybridized carbons (Fsp3) is 0.400. The van der Waals surface area contributed by atoms with Crippen molar-refractivity contribution in [1.82, 2.24) is 19.9 Å². The number of aliphatic hydroxyl groups excluding tert-OH is 1. The molecule has 1 unspecified atom stereocenters. The van der Waals surface area contributed by atoms with E-state index in [2.05, 4.69) is 36.6 Å². The van der Waals surface area contributed by atoms with E-state index in [4.69, 9.17) is 9.47 Å². The highest BCUT2D eigenvalue weighted by atomic mass is 16.5. The fourth-order valence-corrected chi connectivity index (χ4v) is 3.93. The second-order valence-corrected chi connectivity index (χ2v) is 8.73. The van der Waals surface area contributed by atoms with E-state index in [1.807, 2.05) is 19.9 Å². The Morgan fingerprint density at radius 2 is 2.14 bits per heavy atom. The van der Waals surface area contributed by atoms with Crippen LogP contribution in [0, 0.1) is 18.3 Å². The molecule has 0 radical (unpaired) electrons. The van der Waals surface area contributed by atoms with Gasteiger partial charge < -0.3 is 25.2 Å². The van der Waals surface area contributed by atoms with Crippen LogP contribution in [0.4, 0.5) is 17.3 Å². The summed E-state index contributed by atoms with van der Waals surface area (Å²) >= 11 is 0. The summed E-state index contributed by atoms with van der Waals surface area (Å²) in [5, 5.41) is 26.1. The van der Waals surface area contributed by atoms with Gasteiger partial charge in [-0.2, -0.15) is 10.2 Å². The zero-order valence-electron chi connectivity index (χ0n) is 20.3. The number of nitriles is 1. The molecule has 1 aliphatic heterocycles. The Morgan fingerprint density at radius 1 is 1.31 bits per heavy atom. The highest BCUT2D eigenvalue weighted by Crippen LogP contribution is 2.41. The summed E-state index contributed by atoms with van der Waals surface area (Å²) < 4.78 is 11.3. The minimum Gasteiger partial charge on any atom is -0.473 e. The Hall–Kier alpha value is -3.81. The van der Waals surface area contributed by atoms with Gasteiger partial charge in [-0.15, -0.1) is 0 Å². The molecule has 4 rings (SSSR count). The van der Waals surface area contributed by atoms with E-state index in [1.165, 1.54) is 0 Å². The molecule has 10 nitrogen and oxygen atoms in total. The van der Waals surface area contributed by atoms with Gasteiger partial charge in [-0.05, 0) is 37.1 Å². The smallest absolute Gasteiger partial charge is 0.241 e. The number of ether oxygens (including phenoxy) is 2. The standard InChI is InChI=1S/C25H29N7O3/c1-5-18(34-4)12-35-23-21(11-28-15(2)30-23)32-24-27-7-6-20(31-24)16-8-17(10-26)22-19(9-16)25(3,14-33)13-29-22/h6-9,11,18,29,33H,5,12-14H2,1-4H3,(H,27,31,32)/t18?,25-/m1/s1. The number of rotatable bonds is 9. The van der Waals surface area contributed by atoms with E-state index < -0.39 is 5.41 Å². The van der Waals surface area contributed by atoms with Crippen molar-refractivity contribution in [3.63, 3.8) is 0 Å². The molecule has 10 heteroatoms. The number of hydrogen-bond donors (Lipinski definition) is 3. The van der Waals surface area contributed by atoms with Crippen molar-refractivity contribution >= 4 is 17.3 Å². The van der Waals surface area contributed by atoms with Crippen LogP contribution in [0.1, 0.15) is 37.2 Å².